The van der Waals surface area contributed by atoms with Gasteiger partial charge in [0.25, 0.3) is 0 Å². The molecule has 2 atom stereocenters. The summed E-state index contributed by atoms with van der Waals surface area (Å²) in [5.74, 6) is 5.43. The first-order chi connectivity index (χ1) is 3.34. The highest BCUT2D eigenvalue weighted by Gasteiger charge is 2.17. The van der Waals surface area contributed by atoms with Crippen molar-refractivity contribution in [3.8, 4) is 0 Å². The molecule has 1 heteroatoms. The molecular formula is C6H12S. The largest absolute Gasteiger partial charge is 0.190 e. The Labute approximate surface area is 47.9 Å². The lowest BCUT2D eigenvalue weighted by Gasteiger charge is -2.28. The Balaban J connectivity index is 2.29. The molecule has 0 saturated carbocycles. The summed E-state index contributed by atoms with van der Waals surface area (Å²) in [6.45, 7) is 2.26. The summed E-state index contributed by atoms with van der Waals surface area (Å²) in [6, 6.07) is 0. The Kier molecular flexibility index (Phi) is 1.53. The minimum Gasteiger partial charge on any atom is -0.190 e. The molecule has 0 N–H and O–H groups in total. The third-order valence-electron chi connectivity index (χ3n) is 1.63. The van der Waals surface area contributed by atoms with Crippen molar-refractivity contribution in [3.63, 3.8) is 0 Å². The van der Waals surface area contributed by atoms with Crippen molar-refractivity contribution >= 4 is 16.4 Å². The van der Waals surface area contributed by atoms with E-state index in [9.17, 15) is 0 Å². The normalized spacial score (nSPS) is 40.1. The van der Waals surface area contributed by atoms with Crippen LogP contribution in [0.1, 0.15) is 19.8 Å². The summed E-state index contributed by atoms with van der Waals surface area (Å²) >= 11 is 0. The van der Waals surface area contributed by atoms with Gasteiger partial charge < -0.3 is 0 Å². The van der Waals surface area contributed by atoms with Gasteiger partial charge in [0.05, 0.1) is 0 Å². The smallest absolute Gasteiger partial charge is 0.000296 e. The van der Waals surface area contributed by atoms with E-state index in [1.807, 2.05) is 0 Å². The van der Waals surface area contributed by atoms with E-state index in [1.54, 1.807) is 0 Å². The van der Waals surface area contributed by atoms with Gasteiger partial charge in [-0.1, -0.05) is 12.8 Å². The van der Waals surface area contributed by atoms with Crippen molar-refractivity contribution in [3.05, 3.63) is 0 Å². The van der Waals surface area contributed by atoms with E-state index >= 15 is 0 Å². The molecule has 0 aliphatic carbocycles. The molecule has 0 aromatic carbocycles. The quantitative estimate of drug-likeness (QED) is 0.459. The molecule has 1 aliphatic heterocycles. The average molecular weight is 116 g/mol. The first-order valence-corrected chi connectivity index (χ1v) is 4.46. The zero-order valence-corrected chi connectivity index (χ0v) is 5.63. The molecule has 1 rings (SSSR count). The first kappa shape index (κ1) is 5.36. The van der Waals surface area contributed by atoms with Crippen LogP contribution in [-0.4, -0.2) is 16.9 Å². The molecule has 0 aromatic heterocycles. The van der Waals surface area contributed by atoms with Crippen molar-refractivity contribution in [1.29, 1.82) is 0 Å². The summed E-state index contributed by atoms with van der Waals surface area (Å²) in [5, 5.41) is 1.000. The molecule has 1 heterocycles. The summed E-state index contributed by atoms with van der Waals surface area (Å²) in [7, 11) is 0.570. The predicted octanol–water partition coefficient (Wildman–Crippen LogP) is 1.87. The van der Waals surface area contributed by atoms with E-state index in [0.29, 0.717) is 10.5 Å². The second kappa shape index (κ2) is 1.99. The van der Waals surface area contributed by atoms with Crippen LogP contribution in [0.5, 0.6) is 0 Å². The van der Waals surface area contributed by atoms with Crippen molar-refractivity contribution in [2.75, 3.05) is 5.75 Å². The van der Waals surface area contributed by atoms with Gasteiger partial charge >= 0.3 is 0 Å². The number of rotatable bonds is 1. The fourth-order valence-corrected chi connectivity index (χ4v) is 2.26. The highest BCUT2D eigenvalue weighted by molar-refractivity contribution is 8.15. The van der Waals surface area contributed by atoms with Crippen LogP contribution in [0.15, 0.2) is 0 Å². The van der Waals surface area contributed by atoms with E-state index in [1.165, 1.54) is 18.6 Å². The van der Waals surface area contributed by atoms with Gasteiger partial charge in [0, 0.05) is 0 Å². The van der Waals surface area contributed by atoms with Crippen LogP contribution in [0.3, 0.4) is 0 Å². The molecule has 2 unspecified atom stereocenters. The van der Waals surface area contributed by atoms with Crippen LogP contribution in [-0.2, 0) is 0 Å². The first-order valence-electron chi connectivity index (χ1n) is 2.84. The minimum atomic E-state index is 0.570. The second-order valence-corrected chi connectivity index (χ2v) is 4.21. The van der Waals surface area contributed by atoms with Crippen LogP contribution in [0.25, 0.3) is 0 Å². The lowest BCUT2D eigenvalue weighted by Crippen LogP contribution is -2.16. The monoisotopic (exact) mass is 116 g/mol. The van der Waals surface area contributed by atoms with Crippen molar-refractivity contribution in [2.45, 2.75) is 25.0 Å². The lowest BCUT2D eigenvalue weighted by molar-refractivity contribution is 0.755. The van der Waals surface area contributed by atoms with Gasteiger partial charge in [0.1, 0.15) is 0 Å². The molecule has 0 bridgehead atoms. The standard InChI is InChI=1S/C6H12S/c1-3-6-4-5-7(6)2/h6H,2-5H2,1H3. The van der Waals surface area contributed by atoms with Crippen LogP contribution >= 0.6 is 10.5 Å². The van der Waals surface area contributed by atoms with Crippen LogP contribution in [0.4, 0.5) is 0 Å². The number of hydrogen-bond acceptors (Lipinski definition) is 0. The predicted molar refractivity (Wildman–Crippen MR) is 38.3 cm³/mol. The molecule has 42 valence electrons. The molecular weight excluding hydrogens is 104 g/mol. The topological polar surface area (TPSA) is 0 Å². The maximum Gasteiger partial charge on any atom is -0.000296 e. The molecule has 1 fully saturated rings. The molecule has 0 nitrogen and oxygen atoms in total. The Morgan fingerprint density at radius 2 is 2.57 bits per heavy atom. The third kappa shape index (κ3) is 0.880. The Hall–Kier alpha value is 0.220. The average Bonchev–Trinajstić information content (AvgIpc) is 1.65. The number of hydrogen-bond donors (Lipinski definition) is 0. The zero-order chi connectivity index (χ0) is 5.28. The molecule has 0 aromatic rings. The molecule has 1 aliphatic rings. The summed E-state index contributed by atoms with van der Waals surface area (Å²) < 4.78 is 0. The van der Waals surface area contributed by atoms with Crippen LogP contribution < -0.4 is 0 Å². The van der Waals surface area contributed by atoms with E-state index < -0.39 is 0 Å². The summed E-state index contributed by atoms with van der Waals surface area (Å²) in [5.41, 5.74) is 0. The van der Waals surface area contributed by atoms with E-state index in [0.717, 1.165) is 5.25 Å². The van der Waals surface area contributed by atoms with E-state index in [4.69, 9.17) is 0 Å². The molecule has 1 saturated heterocycles. The maximum atomic E-state index is 4.02. The van der Waals surface area contributed by atoms with E-state index in [2.05, 4.69) is 12.8 Å². The Morgan fingerprint density at radius 3 is 2.57 bits per heavy atom. The second-order valence-electron chi connectivity index (χ2n) is 2.06. The van der Waals surface area contributed by atoms with Crippen molar-refractivity contribution in [1.82, 2.24) is 0 Å². The van der Waals surface area contributed by atoms with Gasteiger partial charge in [-0.15, -0.1) is 0 Å². The van der Waals surface area contributed by atoms with Gasteiger partial charge in [0.2, 0.25) is 0 Å². The zero-order valence-electron chi connectivity index (χ0n) is 4.81. The molecule has 0 radical (unpaired) electrons. The highest BCUT2D eigenvalue weighted by Crippen LogP contribution is 2.35. The summed E-state index contributed by atoms with van der Waals surface area (Å²) in [6.07, 6.45) is 2.80. The lowest BCUT2D eigenvalue weighted by atomic mass is 10.2. The van der Waals surface area contributed by atoms with Gasteiger partial charge in [-0.05, 0) is 23.8 Å². The van der Waals surface area contributed by atoms with Crippen molar-refractivity contribution in [2.24, 2.45) is 0 Å². The fraction of sp³-hybridized carbons (Fsp3) is 0.833. The van der Waals surface area contributed by atoms with Gasteiger partial charge in [-0.25, -0.2) is 0 Å². The highest BCUT2D eigenvalue weighted by atomic mass is 32.2. The Bertz CT molecular complexity index is 84.2. The summed E-state index contributed by atoms with van der Waals surface area (Å²) in [4.78, 5) is 0. The molecule has 7 heavy (non-hydrogen) atoms. The van der Waals surface area contributed by atoms with Crippen LogP contribution in [0.2, 0.25) is 0 Å². The minimum absolute atomic E-state index is 0.570. The Morgan fingerprint density at radius 1 is 1.86 bits per heavy atom. The SMILES string of the molecule is C=S1CCC1CC. The molecule has 0 amide bonds. The molecule has 0 spiro atoms. The van der Waals surface area contributed by atoms with Crippen molar-refractivity contribution < 1.29 is 0 Å². The van der Waals surface area contributed by atoms with Gasteiger partial charge in [-0.2, -0.15) is 10.5 Å². The van der Waals surface area contributed by atoms with Gasteiger partial charge in [0.15, 0.2) is 0 Å². The third-order valence-corrected chi connectivity index (χ3v) is 3.90. The van der Waals surface area contributed by atoms with Crippen LogP contribution in [0, 0.1) is 0 Å². The fourth-order valence-electron chi connectivity index (χ4n) is 0.891. The maximum absolute atomic E-state index is 4.02. The van der Waals surface area contributed by atoms with Gasteiger partial charge in [-0.3, -0.25) is 0 Å². The van der Waals surface area contributed by atoms with E-state index in [-0.39, 0.29) is 0 Å².